The minimum atomic E-state index is -0.949. The summed E-state index contributed by atoms with van der Waals surface area (Å²) in [6.45, 7) is 1.64. The van der Waals surface area contributed by atoms with Crippen LogP contribution in [0, 0.1) is 17.8 Å². The van der Waals surface area contributed by atoms with E-state index in [2.05, 4.69) is 22.5 Å². The third-order valence-corrected chi connectivity index (χ3v) is 6.45. The number of nitrogens with two attached hydrogens (primary N) is 3. The van der Waals surface area contributed by atoms with Gasteiger partial charge in [-0.15, -0.1) is 0 Å². The van der Waals surface area contributed by atoms with Crippen LogP contribution in [0.3, 0.4) is 0 Å². The van der Waals surface area contributed by atoms with Gasteiger partial charge in [-0.25, -0.2) is 9.59 Å². The van der Waals surface area contributed by atoms with Gasteiger partial charge in [-0.3, -0.25) is 4.79 Å². The van der Waals surface area contributed by atoms with Gasteiger partial charge in [0.15, 0.2) is 0 Å². The van der Waals surface area contributed by atoms with Crippen LogP contribution in [0.1, 0.15) is 33.6 Å². The molecule has 2 aromatic rings. The second-order valence-corrected chi connectivity index (χ2v) is 9.35. The normalized spacial score (nSPS) is 14.4. The summed E-state index contributed by atoms with van der Waals surface area (Å²) in [5.41, 5.74) is 19.8. The lowest BCUT2D eigenvalue weighted by molar-refractivity contribution is 0.0600. The predicted octanol–water partition coefficient (Wildman–Crippen LogP) is 2.60. The summed E-state index contributed by atoms with van der Waals surface area (Å²) in [6, 6.07) is 6.00. The number of primary amides is 1. The summed E-state index contributed by atoms with van der Waals surface area (Å²) in [7, 11) is 2.76. The molecule has 2 amide bonds. The number of piperidine rings is 1. The van der Waals surface area contributed by atoms with Gasteiger partial charge in [0.1, 0.15) is 29.5 Å². The van der Waals surface area contributed by atoms with Crippen molar-refractivity contribution in [2.45, 2.75) is 12.8 Å². The van der Waals surface area contributed by atoms with Crippen LogP contribution >= 0.6 is 0 Å². The number of carbonyl (C=O) groups excluding carboxylic acids is 2. The van der Waals surface area contributed by atoms with Crippen molar-refractivity contribution in [3.63, 3.8) is 0 Å². The van der Waals surface area contributed by atoms with Crippen molar-refractivity contribution < 1.29 is 33.7 Å². The van der Waals surface area contributed by atoms with Gasteiger partial charge < -0.3 is 52.1 Å². The molecule has 1 heterocycles. The van der Waals surface area contributed by atoms with Crippen molar-refractivity contribution in [3.05, 3.63) is 47.5 Å². The number of carbonyl (C=O) groups is 3. The van der Waals surface area contributed by atoms with Crippen LogP contribution in [0.4, 0.5) is 27.5 Å². The fourth-order valence-electron chi connectivity index (χ4n) is 4.36. The number of hydrogen-bond acceptors (Lipinski definition) is 10. The molecule has 0 radical (unpaired) electrons. The van der Waals surface area contributed by atoms with E-state index in [-0.39, 0.29) is 29.3 Å². The van der Waals surface area contributed by atoms with E-state index in [0.29, 0.717) is 54.7 Å². The lowest BCUT2D eigenvalue weighted by Gasteiger charge is -2.27. The van der Waals surface area contributed by atoms with E-state index in [9.17, 15) is 19.5 Å². The minimum Gasteiger partial charge on any atom is -0.494 e. The maximum absolute atomic E-state index is 11.8. The summed E-state index contributed by atoms with van der Waals surface area (Å²) < 4.78 is 15.9. The average molecular weight is 581 g/mol. The van der Waals surface area contributed by atoms with E-state index < -0.39 is 18.0 Å². The Hall–Kier alpha value is -5.25. The highest BCUT2D eigenvalue weighted by molar-refractivity contribution is 5.96. The molecule has 13 nitrogen and oxygen atoms in total. The molecule has 0 spiro atoms. The molecular formula is C29H36N6O7. The third kappa shape index (κ3) is 8.37. The molecule has 1 unspecified atom stereocenters. The third-order valence-electron chi connectivity index (χ3n) is 6.45. The molecule has 0 aliphatic carbocycles. The number of benzene rings is 2. The maximum atomic E-state index is 11.8. The Balaban J connectivity index is 1.61. The summed E-state index contributed by atoms with van der Waals surface area (Å²) in [5.74, 6) is 5.47. The summed E-state index contributed by atoms with van der Waals surface area (Å²) in [4.78, 5) is 36.2. The number of nitrogens with one attached hydrogen (secondary N) is 2. The second-order valence-electron chi connectivity index (χ2n) is 9.35. The fraction of sp³-hybridized carbons (Fsp3) is 0.345. The number of rotatable bonds is 11. The zero-order valence-corrected chi connectivity index (χ0v) is 23.6. The number of likely N-dealkylation sites (tertiary alicyclic amines) is 1. The number of ether oxygens (including phenoxy) is 3. The van der Waals surface area contributed by atoms with E-state index >= 15 is 0 Å². The Kier molecular flexibility index (Phi) is 11.1. The molecule has 0 aromatic heterocycles. The highest BCUT2D eigenvalue weighted by atomic mass is 16.5. The summed E-state index contributed by atoms with van der Waals surface area (Å²) in [6.07, 6.45) is 4.32. The van der Waals surface area contributed by atoms with Crippen molar-refractivity contribution in [1.82, 2.24) is 4.90 Å². The van der Waals surface area contributed by atoms with E-state index in [4.69, 9.17) is 31.4 Å². The molecule has 1 aliphatic heterocycles. The molecule has 42 heavy (non-hydrogen) atoms. The van der Waals surface area contributed by atoms with E-state index in [0.717, 1.165) is 12.8 Å². The maximum Gasteiger partial charge on any atom is 0.407 e. The topological polar surface area (TPSA) is 204 Å². The van der Waals surface area contributed by atoms with E-state index in [1.165, 1.54) is 37.3 Å². The van der Waals surface area contributed by atoms with Gasteiger partial charge in [-0.05, 0) is 37.1 Å². The first-order chi connectivity index (χ1) is 20.1. The van der Waals surface area contributed by atoms with Crippen molar-refractivity contribution in [3.8, 4) is 23.3 Å². The van der Waals surface area contributed by atoms with Crippen LogP contribution in [0.15, 0.2) is 36.4 Å². The number of hydrogen-bond donors (Lipinski definition) is 6. The number of anilines is 4. The summed E-state index contributed by atoms with van der Waals surface area (Å²) >= 11 is 0. The van der Waals surface area contributed by atoms with Gasteiger partial charge in [-0.2, -0.15) is 0 Å². The average Bonchev–Trinajstić information content (AvgIpc) is 2.97. The molecule has 0 bridgehead atoms. The standard InChI is InChI=1S/C29H36N6O7/c1-40-23-16-20(28(37)41-2)14-22(31)25(23)33-9-3-4-10-34-26-21(30)13-19(27(32)36)15-24(26)42-12-6-8-18-7-5-11-35(17-18)29(38)39/h3-4,13-16,18,33-34H,5,7,9-12,17,30-31H2,1-2H3,(H2,32,36)(H,38,39). The number of nitrogen functional groups attached to an aromatic ring is 2. The molecule has 224 valence electrons. The predicted molar refractivity (Wildman–Crippen MR) is 160 cm³/mol. The smallest absolute Gasteiger partial charge is 0.407 e. The Labute approximate surface area is 243 Å². The molecule has 0 saturated carbocycles. The lowest BCUT2D eigenvalue weighted by Crippen LogP contribution is -2.38. The highest BCUT2D eigenvalue weighted by Gasteiger charge is 2.21. The molecule has 1 saturated heterocycles. The molecule has 2 aromatic carbocycles. The van der Waals surface area contributed by atoms with Crippen LogP contribution < -0.4 is 37.3 Å². The van der Waals surface area contributed by atoms with E-state index in [1.807, 2.05) is 12.2 Å². The minimum absolute atomic E-state index is 0.0116. The summed E-state index contributed by atoms with van der Waals surface area (Å²) in [5, 5.41) is 15.5. The van der Waals surface area contributed by atoms with Crippen molar-refractivity contribution in [1.29, 1.82) is 0 Å². The van der Waals surface area contributed by atoms with Gasteiger partial charge in [0.05, 0.1) is 31.2 Å². The van der Waals surface area contributed by atoms with Gasteiger partial charge in [-0.1, -0.05) is 24.0 Å². The van der Waals surface area contributed by atoms with E-state index in [1.54, 1.807) is 6.07 Å². The molecule has 1 aliphatic rings. The van der Waals surface area contributed by atoms with Gasteiger partial charge in [0.25, 0.3) is 0 Å². The zero-order valence-electron chi connectivity index (χ0n) is 23.6. The molecule has 13 heteroatoms. The van der Waals surface area contributed by atoms with Gasteiger partial charge in [0.2, 0.25) is 5.91 Å². The SMILES string of the molecule is COC(=O)c1cc(N)c(NCC=CCNc2c(N)cc(C(N)=O)cc2OCC#CC2CCCN(C(=O)O)C2)c(OC)c1. The Morgan fingerprint density at radius 3 is 2.24 bits per heavy atom. The van der Waals surface area contributed by atoms with Crippen molar-refractivity contribution in [2.24, 2.45) is 11.7 Å². The van der Waals surface area contributed by atoms with Crippen LogP contribution in [0.2, 0.25) is 0 Å². The van der Waals surface area contributed by atoms with Crippen LogP contribution in [0.5, 0.6) is 11.5 Å². The zero-order chi connectivity index (χ0) is 30.6. The fourth-order valence-corrected chi connectivity index (χ4v) is 4.36. The van der Waals surface area contributed by atoms with Crippen molar-refractivity contribution in [2.75, 3.05) is 69.1 Å². The molecule has 9 N–H and O–H groups in total. The van der Waals surface area contributed by atoms with Crippen LogP contribution in [-0.4, -0.2) is 75.0 Å². The Morgan fingerprint density at radius 2 is 1.64 bits per heavy atom. The quantitative estimate of drug-likeness (QED) is 0.0986. The largest absolute Gasteiger partial charge is 0.494 e. The van der Waals surface area contributed by atoms with Crippen LogP contribution in [0.25, 0.3) is 0 Å². The molecular weight excluding hydrogens is 544 g/mol. The second kappa shape index (κ2) is 14.9. The number of nitrogens with zero attached hydrogens (tertiary/aromatic N) is 1. The molecule has 1 fully saturated rings. The number of carboxylic acid groups (broad SMARTS) is 1. The molecule has 3 rings (SSSR count). The first kappa shape index (κ1) is 31.3. The van der Waals surface area contributed by atoms with Gasteiger partial charge in [0, 0.05) is 37.7 Å². The Morgan fingerprint density at radius 1 is 1.02 bits per heavy atom. The Bertz CT molecular complexity index is 1400. The molecule has 1 atom stereocenters. The monoisotopic (exact) mass is 580 g/mol. The van der Waals surface area contributed by atoms with Crippen LogP contribution in [-0.2, 0) is 4.74 Å². The first-order valence-corrected chi connectivity index (χ1v) is 13.2. The van der Waals surface area contributed by atoms with Crippen molar-refractivity contribution >= 4 is 40.7 Å². The number of esters is 1. The van der Waals surface area contributed by atoms with Gasteiger partial charge >= 0.3 is 12.1 Å². The highest BCUT2D eigenvalue weighted by Crippen LogP contribution is 2.33. The lowest BCUT2D eigenvalue weighted by atomic mass is 9.99. The number of amides is 2. The number of methoxy groups -OCH3 is 2. The first-order valence-electron chi connectivity index (χ1n) is 13.2.